The highest BCUT2D eigenvalue weighted by atomic mass is 31.2. The van der Waals surface area contributed by atoms with Crippen LogP contribution in [0.15, 0.2) is 24.3 Å². The fourth-order valence-electron chi connectivity index (χ4n) is 11.7. The second-order valence-electron chi connectivity index (χ2n) is 28.2. The number of hydrogen-bond acceptors (Lipinski definition) is 15. The van der Waals surface area contributed by atoms with Crippen molar-refractivity contribution in [2.45, 2.75) is 412 Å². The molecule has 0 spiro atoms. The number of phosphoric acid groups is 2. The summed E-state index contributed by atoms with van der Waals surface area (Å²) in [6, 6.07) is 0. The molecule has 0 saturated heterocycles. The van der Waals surface area contributed by atoms with E-state index in [0.29, 0.717) is 25.7 Å². The molecule has 0 aromatic rings. The van der Waals surface area contributed by atoms with Gasteiger partial charge in [0.05, 0.1) is 26.4 Å². The molecular formula is C79H150O17P2. The van der Waals surface area contributed by atoms with Crippen molar-refractivity contribution in [1.29, 1.82) is 0 Å². The molecule has 0 radical (unpaired) electrons. The van der Waals surface area contributed by atoms with Gasteiger partial charge in [0.15, 0.2) is 12.2 Å². The van der Waals surface area contributed by atoms with Gasteiger partial charge in [0.1, 0.15) is 19.3 Å². The van der Waals surface area contributed by atoms with E-state index in [1.54, 1.807) is 0 Å². The maximum absolute atomic E-state index is 13.1. The lowest BCUT2D eigenvalue weighted by molar-refractivity contribution is -0.161. The van der Waals surface area contributed by atoms with Gasteiger partial charge in [-0.15, -0.1) is 0 Å². The second-order valence-corrected chi connectivity index (χ2v) is 31.2. The normalized spacial score (nSPS) is 14.1. The van der Waals surface area contributed by atoms with Crippen LogP contribution in [0.1, 0.15) is 394 Å². The Labute approximate surface area is 599 Å². The molecule has 98 heavy (non-hydrogen) atoms. The molecule has 0 aliphatic heterocycles. The van der Waals surface area contributed by atoms with Gasteiger partial charge in [-0.1, -0.05) is 341 Å². The van der Waals surface area contributed by atoms with Crippen LogP contribution in [0.25, 0.3) is 0 Å². The van der Waals surface area contributed by atoms with Gasteiger partial charge in [-0.3, -0.25) is 37.3 Å². The minimum atomic E-state index is -4.97. The van der Waals surface area contributed by atoms with E-state index in [0.717, 1.165) is 128 Å². The van der Waals surface area contributed by atoms with E-state index >= 15 is 0 Å². The van der Waals surface area contributed by atoms with Crippen molar-refractivity contribution in [3.8, 4) is 0 Å². The van der Waals surface area contributed by atoms with Crippen molar-refractivity contribution in [2.75, 3.05) is 39.6 Å². The predicted octanol–water partition coefficient (Wildman–Crippen LogP) is 23.2. The first-order valence-corrected chi connectivity index (χ1v) is 43.4. The molecule has 3 N–H and O–H groups in total. The summed E-state index contributed by atoms with van der Waals surface area (Å²) in [6.45, 7) is 7.20. The molecule has 0 saturated carbocycles. The van der Waals surface area contributed by atoms with Gasteiger partial charge in [0.2, 0.25) is 0 Å². The molecule has 0 aromatic heterocycles. The Morgan fingerprint density at radius 3 is 0.837 bits per heavy atom. The average molecular weight is 1430 g/mol. The number of allylic oxidation sites excluding steroid dienone is 4. The van der Waals surface area contributed by atoms with E-state index in [1.807, 2.05) is 0 Å². The SMILES string of the molecule is CCCCCC/C=C\C=C/CCCCCCCC(=O)OC[C@H](COP(=O)(O)OC[C@@H](O)COP(=O)(O)OC[C@@H](COC(=O)CCCCCCCCC)OC(=O)CCCCCCCCCCCCCC(C)C)OC(=O)CCCCCCCCCCCCCCCCCCCCCCCC. The lowest BCUT2D eigenvalue weighted by Gasteiger charge is -2.21. The van der Waals surface area contributed by atoms with Gasteiger partial charge in [-0.05, 0) is 57.3 Å². The Kier molecular flexibility index (Phi) is 69.7. The van der Waals surface area contributed by atoms with Crippen molar-refractivity contribution >= 4 is 39.5 Å². The molecular weight excluding hydrogens is 1280 g/mol. The van der Waals surface area contributed by atoms with Crippen LogP contribution in [0.2, 0.25) is 0 Å². The number of rotatable bonds is 77. The van der Waals surface area contributed by atoms with Crippen molar-refractivity contribution in [1.82, 2.24) is 0 Å². The first-order chi connectivity index (χ1) is 47.5. The highest BCUT2D eigenvalue weighted by molar-refractivity contribution is 7.47. The van der Waals surface area contributed by atoms with E-state index in [1.165, 1.54) is 186 Å². The molecule has 0 aliphatic carbocycles. The molecule has 17 nitrogen and oxygen atoms in total. The number of carbonyl (C=O) groups is 4. The Morgan fingerprint density at radius 2 is 0.551 bits per heavy atom. The van der Waals surface area contributed by atoms with Gasteiger partial charge >= 0.3 is 39.5 Å². The fourth-order valence-corrected chi connectivity index (χ4v) is 13.3. The largest absolute Gasteiger partial charge is 0.472 e. The summed E-state index contributed by atoms with van der Waals surface area (Å²) in [5.41, 5.74) is 0. The minimum absolute atomic E-state index is 0.102. The molecule has 0 aromatic carbocycles. The van der Waals surface area contributed by atoms with Gasteiger partial charge < -0.3 is 33.8 Å². The Hall–Kier alpha value is -2.46. The van der Waals surface area contributed by atoms with Crippen molar-refractivity contribution < 1.29 is 80.2 Å². The monoisotopic (exact) mass is 1430 g/mol. The maximum atomic E-state index is 13.1. The van der Waals surface area contributed by atoms with E-state index in [9.17, 15) is 43.2 Å². The van der Waals surface area contributed by atoms with E-state index in [4.69, 9.17) is 37.0 Å². The molecule has 0 bridgehead atoms. The zero-order chi connectivity index (χ0) is 71.9. The summed E-state index contributed by atoms with van der Waals surface area (Å²) in [5.74, 6) is -1.38. The summed E-state index contributed by atoms with van der Waals surface area (Å²) in [6.07, 6.45) is 64.9. The van der Waals surface area contributed by atoms with E-state index in [-0.39, 0.29) is 25.7 Å². The average Bonchev–Trinajstić information content (AvgIpc) is 0.984. The third kappa shape index (κ3) is 71.9. The van der Waals surface area contributed by atoms with Gasteiger partial charge in [-0.25, -0.2) is 9.13 Å². The third-order valence-corrected chi connectivity index (χ3v) is 19.8. The first-order valence-electron chi connectivity index (χ1n) is 40.5. The summed E-state index contributed by atoms with van der Waals surface area (Å²) in [7, 11) is -9.92. The number of unbranched alkanes of at least 4 members (excludes halogenated alkanes) is 46. The molecule has 2 unspecified atom stereocenters. The number of hydrogen-bond donors (Lipinski definition) is 3. The van der Waals surface area contributed by atoms with Crippen molar-refractivity contribution in [2.24, 2.45) is 5.92 Å². The number of aliphatic hydroxyl groups is 1. The zero-order valence-electron chi connectivity index (χ0n) is 63.4. The molecule has 578 valence electrons. The molecule has 0 heterocycles. The summed E-state index contributed by atoms with van der Waals surface area (Å²) in [4.78, 5) is 72.7. The minimum Gasteiger partial charge on any atom is -0.462 e. The van der Waals surface area contributed by atoms with Crippen LogP contribution in [0.5, 0.6) is 0 Å². The lowest BCUT2D eigenvalue weighted by atomic mass is 10.0. The third-order valence-electron chi connectivity index (χ3n) is 17.9. The number of carbonyl (C=O) groups excluding carboxylic acids is 4. The number of phosphoric ester groups is 2. The van der Waals surface area contributed by atoms with Crippen LogP contribution in [-0.2, 0) is 65.4 Å². The van der Waals surface area contributed by atoms with Crippen LogP contribution in [0.3, 0.4) is 0 Å². The summed E-state index contributed by atoms with van der Waals surface area (Å²) in [5, 5.41) is 10.6. The summed E-state index contributed by atoms with van der Waals surface area (Å²) < 4.78 is 68.5. The van der Waals surface area contributed by atoms with Crippen LogP contribution in [0.4, 0.5) is 0 Å². The molecule has 0 amide bonds. The Balaban J connectivity index is 5.19. The smallest absolute Gasteiger partial charge is 0.462 e. The zero-order valence-corrected chi connectivity index (χ0v) is 65.2. The lowest BCUT2D eigenvalue weighted by Crippen LogP contribution is -2.30. The molecule has 0 aliphatic rings. The number of aliphatic hydroxyl groups excluding tert-OH is 1. The Morgan fingerprint density at radius 1 is 0.316 bits per heavy atom. The number of ether oxygens (including phenoxy) is 4. The first kappa shape index (κ1) is 95.5. The molecule has 0 fully saturated rings. The second kappa shape index (κ2) is 71.5. The fraction of sp³-hybridized carbons (Fsp3) is 0.899. The van der Waals surface area contributed by atoms with Crippen molar-refractivity contribution in [3.63, 3.8) is 0 Å². The van der Waals surface area contributed by atoms with E-state index < -0.39 is 97.5 Å². The quantitative estimate of drug-likeness (QED) is 0.0169. The van der Waals surface area contributed by atoms with Gasteiger partial charge in [0.25, 0.3) is 0 Å². The van der Waals surface area contributed by atoms with Crippen LogP contribution in [0, 0.1) is 5.92 Å². The van der Waals surface area contributed by atoms with Gasteiger partial charge in [-0.2, -0.15) is 0 Å². The Bertz CT molecular complexity index is 1970. The number of esters is 4. The standard InChI is InChI=1S/C79H150O17P2/c1-6-9-12-15-18-20-22-24-26-27-28-29-30-31-32-34-36-40-44-49-54-59-64-78(83)96-75(69-90-77(82)63-58-53-48-43-39-35-33-25-23-21-19-16-13-10-7-2)71-94-98(87,88)92-67-73(80)66-91-97(85,86)93-70-74(68-89-76(81)62-57-52-46-17-14-11-8-3)95-79(84)65-60-55-50-45-41-37-38-42-47-51-56-61-72(4)5/h21,23,25,33,72-75,80H,6-20,22,24,26-32,34-71H2,1-5H3,(H,85,86)(H,87,88)/b23-21-,33-25-/t73-,74+,75+/m0/s1. The van der Waals surface area contributed by atoms with Crippen LogP contribution < -0.4 is 0 Å². The van der Waals surface area contributed by atoms with Crippen molar-refractivity contribution in [3.05, 3.63) is 24.3 Å². The van der Waals surface area contributed by atoms with E-state index in [2.05, 4.69) is 58.9 Å². The molecule has 0 rings (SSSR count). The van der Waals surface area contributed by atoms with Crippen LogP contribution in [-0.4, -0.2) is 96.7 Å². The molecule has 19 heteroatoms. The van der Waals surface area contributed by atoms with Crippen LogP contribution >= 0.6 is 15.6 Å². The maximum Gasteiger partial charge on any atom is 0.472 e. The molecule has 5 atom stereocenters. The van der Waals surface area contributed by atoms with Gasteiger partial charge in [0, 0.05) is 25.7 Å². The predicted molar refractivity (Wildman–Crippen MR) is 400 cm³/mol. The summed E-state index contributed by atoms with van der Waals surface area (Å²) >= 11 is 0. The highest BCUT2D eigenvalue weighted by Crippen LogP contribution is 2.45. The highest BCUT2D eigenvalue weighted by Gasteiger charge is 2.30. The topological polar surface area (TPSA) is 237 Å².